The molecule has 102 valence electrons. The summed E-state index contributed by atoms with van der Waals surface area (Å²) in [5, 5.41) is 6.16. The smallest absolute Gasteiger partial charge is 0.262 e. The van der Waals surface area contributed by atoms with E-state index in [2.05, 4.69) is 15.6 Å². The summed E-state index contributed by atoms with van der Waals surface area (Å²) < 4.78 is 5.33. The van der Waals surface area contributed by atoms with Gasteiger partial charge in [0.05, 0.1) is 5.69 Å². The number of rotatable bonds is 4. The highest BCUT2D eigenvalue weighted by Crippen LogP contribution is 2.28. The fourth-order valence-electron chi connectivity index (χ4n) is 2.09. The Kier molecular flexibility index (Phi) is 3.60. The molecule has 0 saturated carbocycles. The van der Waals surface area contributed by atoms with Crippen LogP contribution in [0.2, 0.25) is 0 Å². The van der Waals surface area contributed by atoms with Crippen LogP contribution in [0, 0.1) is 0 Å². The first-order chi connectivity index (χ1) is 9.81. The third-order valence-electron chi connectivity index (χ3n) is 3.08. The molecule has 5 nitrogen and oxygen atoms in total. The van der Waals surface area contributed by atoms with Gasteiger partial charge in [-0.1, -0.05) is 6.07 Å². The van der Waals surface area contributed by atoms with Crippen molar-refractivity contribution in [2.24, 2.45) is 0 Å². The van der Waals surface area contributed by atoms with Gasteiger partial charge in [-0.05, 0) is 35.4 Å². The number of amides is 1. The van der Waals surface area contributed by atoms with Crippen LogP contribution in [0.4, 0.5) is 5.69 Å². The summed E-state index contributed by atoms with van der Waals surface area (Å²) in [5.74, 6) is 0.613. The number of hydrogen-bond acceptors (Lipinski definition) is 4. The molecule has 1 aliphatic heterocycles. The number of carbonyl (C=O) groups excluding carboxylic acids is 1. The first-order valence-electron chi connectivity index (χ1n) is 6.46. The molecule has 0 bridgehead atoms. The molecule has 1 amide bonds. The molecule has 0 atom stereocenters. The molecular weight excluding hydrogens is 254 g/mol. The first-order valence-corrected chi connectivity index (χ1v) is 6.46. The quantitative estimate of drug-likeness (QED) is 0.887. The van der Waals surface area contributed by atoms with E-state index >= 15 is 0 Å². The summed E-state index contributed by atoms with van der Waals surface area (Å²) in [4.78, 5) is 15.3. The van der Waals surface area contributed by atoms with E-state index in [9.17, 15) is 4.79 Å². The Labute approximate surface area is 117 Å². The minimum atomic E-state index is -0.112. The fraction of sp³-hybridized carbons (Fsp3) is 0.200. The van der Waals surface area contributed by atoms with E-state index in [0.29, 0.717) is 0 Å². The lowest BCUT2D eigenvalue weighted by Crippen LogP contribution is -2.25. The van der Waals surface area contributed by atoms with Gasteiger partial charge in [-0.2, -0.15) is 0 Å². The molecule has 0 spiro atoms. The third-order valence-corrected chi connectivity index (χ3v) is 3.08. The number of nitrogens with zero attached hydrogens (tertiary/aromatic N) is 1. The van der Waals surface area contributed by atoms with Crippen molar-refractivity contribution in [3.05, 3.63) is 53.9 Å². The number of fused-ring (bicyclic) bond motifs is 1. The van der Waals surface area contributed by atoms with E-state index in [0.717, 1.165) is 30.1 Å². The number of anilines is 1. The van der Waals surface area contributed by atoms with E-state index in [4.69, 9.17) is 4.74 Å². The monoisotopic (exact) mass is 269 g/mol. The molecule has 2 heterocycles. The largest absolute Gasteiger partial charge is 0.482 e. The number of hydrogen-bond donors (Lipinski definition) is 2. The van der Waals surface area contributed by atoms with Crippen LogP contribution < -0.4 is 15.4 Å². The number of nitrogens with one attached hydrogen (secondary N) is 2. The molecule has 2 aromatic rings. The molecule has 1 aromatic carbocycles. The van der Waals surface area contributed by atoms with Crippen LogP contribution >= 0.6 is 0 Å². The van der Waals surface area contributed by atoms with Gasteiger partial charge in [0.1, 0.15) is 5.75 Å². The summed E-state index contributed by atoms with van der Waals surface area (Å²) in [6, 6.07) is 9.78. The molecule has 0 fully saturated rings. The van der Waals surface area contributed by atoms with Crippen molar-refractivity contribution in [3.8, 4) is 5.75 Å². The van der Waals surface area contributed by atoms with Crippen molar-refractivity contribution in [1.29, 1.82) is 0 Å². The minimum Gasteiger partial charge on any atom is -0.482 e. The van der Waals surface area contributed by atoms with Crippen LogP contribution in [0.3, 0.4) is 0 Å². The Morgan fingerprint density at radius 2 is 1.95 bits per heavy atom. The van der Waals surface area contributed by atoms with Crippen LogP contribution in [0.25, 0.3) is 0 Å². The second-order valence-electron chi connectivity index (χ2n) is 4.63. The summed E-state index contributed by atoms with van der Waals surface area (Å²) in [6.07, 6.45) is 3.56. The predicted octanol–water partition coefficient (Wildman–Crippen LogP) is 1.70. The van der Waals surface area contributed by atoms with Gasteiger partial charge in [-0.15, -0.1) is 0 Å². The molecule has 20 heavy (non-hydrogen) atoms. The number of pyridine rings is 1. The van der Waals surface area contributed by atoms with Crippen LogP contribution in [0.15, 0.2) is 42.7 Å². The maximum absolute atomic E-state index is 11.3. The van der Waals surface area contributed by atoms with E-state index in [1.54, 1.807) is 12.4 Å². The van der Waals surface area contributed by atoms with Crippen molar-refractivity contribution < 1.29 is 9.53 Å². The standard InChI is InChI=1S/C15H15N3O2/c19-15-10-20-14-2-1-12(7-13(14)18-15)9-17-8-11-3-5-16-6-4-11/h1-7,17H,8-10H2,(H,18,19). The molecule has 3 rings (SSSR count). The molecule has 0 unspecified atom stereocenters. The van der Waals surface area contributed by atoms with E-state index in [1.807, 2.05) is 30.3 Å². The van der Waals surface area contributed by atoms with E-state index in [1.165, 1.54) is 5.56 Å². The van der Waals surface area contributed by atoms with Crippen molar-refractivity contribution in [1.82, 2.24) is 10.3 Å². The Morgan fingerprint density at radius 1 is 1.15 bits per heavy atom. The molecule has 1 aromatic heterocycles. The van der Waals surface area contributed by atoms with Crippen LogP contribution in [0.5, 0.6) is 5.75 Å². The first kappa shape index (κ1) is 12.6. The SMILES string of the molecule is O=C1COc2ccc(CNCc3ccncc3)cc2N1. The van der Waals surface area contributed by atoms with Crippen LogP contribution in [-0.4, -0.2) is 17.5 Å². The van der Waals surface area contributed by atoms with Crippen LogP contribution in [-0.2, 0) is 17.9 Å². The molecule has 5 heteroatoms. The van der Waals surface area contributed by atoms with Gasteiger partial charge in [0.15, 0.2) is 6.61 Å². The Hall–Kier alpha value is -2.40. The number of aromatic nitrogens is 1. The normalized spacial score (nSPS) is 13.3. The highest BCUT2D eigenvalue weighted by molar-refractivity contribution is 5.95. The summed E-state index contributed by atoms with van der Waals surface area (Å²) >= 11 is 0. The van der Waals surface area contributed by atoms with Crippen molar-refractivity contribution in [3.63, 3.8) is 0 Å². The second-order valence-corrected chi connectivity index (χ2v) is 4.63. The fourth-order valence-corrected chi connectivity index (χ4v) is 2.09. The molecule has 1 aliphatic rings. The van der Waals surface area contributed by atoms with Gasteiger partial charge in [0.2, 0.25) is 0 Å². The van der Waals surface area contributed by atoms with Gasteiger partial charge >= 0.3 is 0 Å². The summed E-state index contributed by atoms with van der Waals surface area (Å²) in [5.41, 5.74) is 3.03. The highest BCUT2D eigenvalue weighted by Gasteiger charge is 2.15. The maximum Gasteiger partial charge on any atom is 0.262 e. The topological polar surface area (TPSA) is 63.2 Å². The zero-order valence-corrected chi connectivity index (χ0v) is 10.9. The minimum absolute atomic E-state index is 0.0899. The number of carbonyl (C=O) groups is 1. The molecule has 0 radical (unpaired) electrons. The average molecular weight is 269 g/mol. The lowest BCUT2D eigenvalue weighted by Gasteiger charge is -2.18. The molecular formula is C15H15N3O2. The maximum atomic E-state index is 11.3. The number of ether oxygens (including phenoxy) is 1. The Balaban J connectivity index is 1.61. The molecule has 0 saturated heterocycles. The molecule has 0 aliphatic carbocycles. The van der Waals surface area contributed by atoms with Crippen molar-refractivity contribution in [2.75, 3.05) is 11.9 Å². The number of benzene rings is 1. The molecule has 2 N–H and O–H groups in total. The van der Waals surface area contributed by atoms with Gasteiger partial charge < -0.3 is 15.4 Å². The van der Waals surface area contributed by atoms with Gasteiger partial charge in [-0.3, -0.25) is 9.78 Å². The second kappa shape index (κ2) is 5.71. The van der Waals surface area contributed by atoms with E-state index < -0.39 is 0 Å². The van der Waals surface area contributed by atoms with Gasteiger partial charge in [0, 0.05) is 25.5 Å². The Morgan fingerprint density at radius 3 is 2.80 bits per heavy atom. The van der Waals surface area contributed by atoms with E-state index in [-0.39, 0.29) is 12.5 Å². The average Bonchev–Trinajstić information content (AvgIpc) is 2.48. The third kappa shape index (κ3) is 2.95. The Bertz CT molecular complexity index is 614. The zero-order valence-electron chi connectivity index (χ0n) is 10.9. The van der Waals surface area contributed by atoms with Crippen molar-refractivity contribution >= 4 is 11.6 Å². The zero-order chi connectivity index (χ0) is 13.8. The summed E-state index contributed by atoms with van der Waals surface area (Å²) in [7, 11) is 0. The van der Waals surface area contributed by atoms with Gasteiger partial charge in [0.25, 0.3) is 5.91 Å². The predicted molar refractivity (Wildman–Crippen MR) is 75.3 cm³/mol. The van der Waals surface area contributed by atoms with Crippen LogP contribution in [0.1, 0.15) is 11.1 Å². The summed E-state index contributed by atoms with van der Waals surface area (Å²) in [6.45, 7) is 1.60. The lowest BCUT2D eigenvalue weighted by atomic mass is 10.1. The lowest BCUT2D eigenvalue weighted by molar-refractivity contribution is -0.118. The van der Waals surface area contributed by atoms with Crippen molar-refractivity contribution in [2.45, 2.75) is 13.1 Å². The van der Waals surface area contributed by atoms with Gasteiger partial charge in [-0.25, -0.2) is 0 Å². The highest BCUT2D eigenvalue weighted by atomic mass is 16.5.